The van der Waals surface area contributed by atoms with Crippen LogP contribution in [0.25, 0.3) is 10.6 Å². The fourth-order valence-corrected chi connectivity index (χ4v) is 3.44. The number of methoxy groups -OCH3 is 3. The van der Waals surface area contributed by atoms with E-state index in [9.17, 15) is 9.59 Å². The average molecular weight is 413 g/mol. The molecule has 0 aliphatic carbocycles. The van der Waals surface area contributed by atoms with Crippen molar-refractivity contribution in [3.05, 3.63) is 59.1 Å². The van der Waals surface area contributed by atoms with Gasteiger partial charge in [-0.2, -0.15) is 0 Å². The van der Waals surface area contributed by atoms with Crippen molar-refractivity contribution < 1.29 is 23.8 Å². The van der Waals surface area contributed by atoms with E-state index >= 15 is 0 Å². The van der Waals surface area contributed by atoms with Crippen molar-refractivity contribution in [1.29, 1.82) is 0 Å². The number of hydrogen-bond donors (Lipinski definition) is 2. The average Bonchev–Trinajstić information content (AvgIpc) is 3.27. The molecule has 9 heteroatoms. The maximum atomic E-state index is 12.5. The minimum absolute atomic E-state index is 0.236. The van der Waals surface area contributed by atoms with Crippen LogP contribution in [0.3, 0.4) is 0 Å². The molecule has 8 nitrogen and oxygen atoms in total. The van der Waals surface area contributed by atoms with E-state index in [1.807, 2.05) is 24.3 Å². The fraction of sp³-hybridized carbons (Fsp3) is 0.150. The largest absolute Gasteiger partial charge is 0.493 e. The first kappa shape index (κ1) is 20.2. The molecule has 3 rings (SSSR count). The van der Waals surface area contributed by atoms with Crippen LogP contribution in [0.2, 0.25) is 0 Å². The molecule has 2 N–H and O–H groups in total. The van der Waals surface area contributed by atoms with Crippen LogP contribution in [-0.4, -0.2) is 38.1 Å². The zero-order valence-corrected chi connectivity index (χ0v) is 16.8. The molecule has 0 unspecified atom stereocenters. The Morgan fingerprint density at radius 3 is 2.17 bits per heavy atom. The van der Waals surface area contributed by atoms with Crippen molar-refractivity contribution in [3.63, 3.8) is 0 Å². The predicted octanol–water partition coefficient (Wildman–Crippen LogP) is 2.91. The van der Waals surface area contributed by atoms with E-state index in [0.29, 0.717) is 22.1 Å². The van der Waals surface area contributed by atoms with Gasteiger partial charge in [-0.05, 0) is 36.4 Å². The normalized spacial score (nSPS) is 10.2. The lowest BCUT2D eigenvalue weighted by Crippen LogP contribution is -2.41. The zero-order chi connectivity index (χ0) is 20.8. The van der Waals surface area contributed by atoms with E-state index in [-0.39, 0.29) is 5.56 Å². The molecule has 3 aromatic rings. The molecule has 2 amide bonds. The molecule has 1 aromatic carbocycles. The summed E-state index contributed by atoms with van der Waals surface area (Å²) in [6, 6.07) is 12.0. The number of amides is 2. The molecule has 150 valence electrons. The Labute approximate surface area is 171 Å². The first-order valence-electron chi connectivity index (χ1n) is 8.49. The van der Waals surface area contributed by atoms with Gasteiger partial charge < -0.3 is 14.2 Å². The van der Waals surface area contributed by atoms with Crippen LogP contribution < -0.4 is 25.1 Å². The number of aromatic nitrogens is 1. The van der Waals surface area contributed by atoms with Gasteiger partial charge in [0.25, 0.3) is 11.8 Å². The maximum absolute atomic E-state index is 12.5. The molecular weight excluding hydrogens is 394 g/mol. The molecule has 0 atom stereocenters. The molecule has 2 heterocycles. The Bertz CT molecular complexity index is 995. The van der Waals surface area contributed by atoms with Crippen molar-refractivity contribution in [2.75, 3.05) is 21.3 Å². The molecule has 0 saturated carbocycles. The summed E-state index contributed by atoms with van der Waals surface area (Å²) in [5.74, 6) is 0.0801. The van der Waals surface area contributed by atoms with Crippen LogP contribution in [0.4, 0.5) is 0 Å². The number of carbonyl (C=O) groups excluding carboxylic acids is 2. The van der Waals surface area contributed by atoms with Crippen LogP contribution in [0.15, 0.2) is 48.7 Å². The number of nitrogens with zero attached hydrogens (tertiary/aromatic N) is 1. The number of ether oxygens (including phenoxy) is 3. The lowest BCUT2D eigenvalue weighted by molar-refractivity contribution is 0.0848. The number of nitrogens with one attached hydrogen (secondary N) is 2. The van der Waals surface area contributed by atoms with Crippen LogP contribution in [0.5, 0.6) is 17.2 Å². The van der Waals surface area contributed by atoms with Crippen LogP contribution in [-0.2, 0) is 0 Å². The number of carbonyl (C=O) groups is 2. The van der Waals surface area contributed by atoms with E-state index in [1.54, 1.807) is 12.3 Å². The minimum atomic E-state index is -0.529. The molecule has 0 fully saturated rings. The van der Waals surface area contributed by atoms with Gasteiger partial charge in [0.05, 0.1) is 36.8 Å². The van der Waals surface area contributed by atoms with Crippen LogP contribution in [0, 0.1) is 0 Å². The number of benzene rings is 1. The Morgan fingerprint density at radius 1 is 0.897 bits per heavy atom. The summed E-state index contributed by atoms with van der Waals surface area (Å²) in [5.41, 5.74) is 5.80. The highest BCUT2D eigenvalue weighted by Gasteiger charge is 2.18. The summed E-state index contributed by atoms with van der Waals surface area (Å²) in [4.78, 5) is 30.4. The Hall–Kier alpha value is -3.59. The van der Waals surface area contributed by atoms with Gasteiger partial charge >= 0.3 is 0 Å². The van der Waals surface area contributed by atoms with Crippen molar-refractivity contribution >= 4 is 23.2 Å². The van der Waals surface area contributed by atoms with Gasteiger partial charge in [0.1, 0.15) is 0 Å². The Morgan fingerprint density at radius 2 is 1.59 bits per heavy atom. The molecule has 0 saturated heterocycles. The number of rotatable bonds is 6. The van der Waals surface area contributed by atoms with Crippen molar-refractivity contribution in [1.82, 2.24) is 15.8 Å². The molecule has 2 aromatic heterocycles. The summed E-state index contributed by atoms with van der Waals surface area (Å²) < 4.78 is 15.7. The highest BCUT2D eigenvalue weighted by molar-refractivity contribution is 7.17. The lowest BCUT2D eigenvalue weighted by Gasteiger charge is -2.14. The van der Waals surface area contributed by atoms with Gasteiger partial charge in [0.2, 0.25) is 5.75 Å². The van der Waals surface area contributed by atoms with E-state index in [4.69, 9.17) is 14.2 Å². The summed E-state index contributed by atoms with van der Waals surface area (Å²) in [7, 11) is 4.38. The van der Waals surface area contributed by atoms with Crippen LogP contribution in [0.1, 0.15) is 20.0 Å². The number of thiophene rings is 1. The number of hydrogen-bond acceptors (Lipinski definition) is 7. The van der Waals surface area contributed by atoms with Gasteiger partial charge in [0.15, 0.2) is 11.5 Å². The van der Waals surface area contributed by atoms with Gasteiger partial charge in [-0.1, -0.05) is 6.07 Å². The third kappa shape index (κ3) is 4.46. The van der Waals surface area contributed by atoms with E-state index < -0.39 is 11.8 Å². The van der Waals surface area contributed by atoms with Gasteiger partial charge in [0, 0.05) is 11.8 Å². The summed E-state index contributed by atoms with van der Waals surface area (Å²) in [6.45, 7) is 0. The molecular formula is C20H19N3O5S. The quantitative estimate of drug-likeness (QED) is 0.603. The summed E-state index contributed by atoms with van der Waals surface area (Å²) in [5, 5.41) is 0. The molecule has 0 bridgehead atoms. The fourth-order valence-electron chi connectivity index (χ4n) is 2.57. The molecule has 0 spiro atoms. The van der Waals surface area contributed by atoms with Crippen LogP contribution >= 0.6 is 11.3 Å². The zero-order valence-electron chi connectivity index (χ0n) is 16.0. The maximum Gasteiger partial charge on any atom is 0.279 e. The van der Waals surface area contributed by atoms with Gasteiger partial charge in [-0.15, -0.1) is 11.3 Å². The minimum Gasteiger partial charge on any atom is -0.493 e. The molecule has 29 heavy (non-hydrogen) atoms. The van der Waals surface area contributed by atoms with Gasteiger partial charge in [-0.25, -0.2) is 0 Å². The van der Waals surface area contributed by atoms with Crippen molar-refractivity contribution in [3.8, 4) is 27.8 Å². The van der Waals surface area contributed by atoms with E-state index in [0.717, 1.165) is 10.6 Å². The highest BCUT2D eigenvalue weighted by Crippen LogP contribution is 2.38. The van der Waals surface area contributed by atoms with Crippen molar-refractivity contribution in [2.24, 2.45) is 0 Å². The van der Waals surface area contributed by atoms with E-state index in [1.165, 1.54) is 44.8 Å². The van der Waals surface area contributed by atoms with Crippen molar-refractivity contribution in [2.45, 2.75) is 0 Å². The Kier molecular flexibility index (Phi) is 6.30. The second-order valence-corrected chi connectivity index (χ2v) is 6.78. The highest BCUT2D eigenvalue weighted by atomic mass is 32.1. The number of pyridine rings is 1. The molecule has 0 aliphatic rings. The Balaban J connectivity index is 1.69. The topological polar surface area (TPSA) is 98.8 Å². The third-order valence-electron chi connectivity index (χ3n) is 3.96. The lowest BCUT2D eigenvalue weighted by atomic mass is 10.1. The second-order valence-electron chi connectivity index (χ2n) is 5.70. The standard InChI is InChI=1S/C20H19N3O5S/c1-26-14-10-12(11-15(27-2)18(14)28-3)19(24)22-23-20(25)17-8-7-16(29-17)13-6-4-5-9-21-13/h4-11H,1-3H3,(H,22,24)(H,23,25). The first-order valence-corrected chi connectivity index (χ1v) is 9.31. The number of hydrazine groups is 1. The third-order valence-corrected chi connectivity index (χ3v) is 5.07. The first-order chi connectivity index (χ1) is 14.1. The SMILES string of the molecule is COc1cc(C(=O)NNC(=O)c2ccc(-c3ccccn3)s2)cc(OC)c1OC. The molecule has 0 radical (unpaired) electrons. The molecule has 0 aliphatic heterocycles. The predicted molar refractivity (Wildman–Crippen MR) is 109 cm³/mol. The van der Waals surface area contributed by atoms with Gasteiger partial charge in [-0.3, -0.25) is 25.4 Å². The van der Waals surface area contributed by atoms with E-state index in [2.05, 4.69) is 15.8 Å². The monoisotopic (exact) mass is 413 g/mol. The second kappa shape index (κ2) is 9.07. The summed E-state index contributed by atoms with van der Waals surface area (Å²) in [6.07, 6.45) is 1.69. The smallest absolute Gasteiger partial charge is 0.279 e. The summed E-state index contributed by atoms with van der Waals surface area (Å²) >= 11 is 1.28.